The number of hydrogen-bond acceptors (Lipinski definition) is 6. The summed E-state index contributed by atoms with van der Waals surface area (Å²) >= 11 is 13.3. The molecule has 0 spiro atoms. The van der Waals surface area contributed by atoms with Crippen molar-refractivity contribution in [1.29, 1.82) is 0 Å². The summed E-state index contributed by atoms with van der Waals surface area (Å²) in [5, 5.41) is 13.3. The highest BCUT2D eigenvalue weighted by Gasteiger charge is 2.10. The summed E-state index contributed by atoms with van der Waals surface area (Å²) in [7, 11) is 0. The molecule has 6 nitrogen and oxygen atoms in total. The zero-order chi connectivity index (χ0) is 18.5. The second kappa shape index (κ2) is 8.39. The van der Waals surface area contributed by atoms with Gasteiger partial charge in [-0.3, -0.25) is 0 Å². The average Bonchev–Trinajstić information content (AvgIpc) is 2.98. The minimum atomic E-state index is -0.370. The number of thioether (sulfide) groups is 1. The average molecular weight is 411 g/mol. The van der Waals surface area contributed by atoms with Crippen LogP contribution in [0.1, 0.15) is 11.1 Å². The largest absolute Gasteiger partial charge is 0.334 e. The van der Waals surface area contributed by atoms with Crippen LogP contribution in [0.3, 0.4) is 0 Å². The van der Waals surface area contributed by atoms with Crippen LogP contribution in [0.25, 0.3) is 0 Å². The first kappa shape index (κ1) is 18.5. The molecule has 0 radical (unpaired) electrons. The summed E-state index contributed by atoms with van der Waals surface area (Å²) < 4.78 is 14.8. The summed E-state index contributed by atoms with van der Waals surface area (Å²) in [4.78, 5) is 0. The van der Waals surface area contributed by atoms with Crippen LogP contribution in [0.15, 0.2) is 52.7 Å². The second-order valence-corrected chi connectivity index (χ2v) is 6.86. The quantitative estimate of drug-likeness (QED) is 0.275. The molecule has 0 amide bonds. The van der Waals surface area contributed by atoms with E-state index in [9.17, 15) is 4.39 Å². The first-order valence-corrected chi connectivity index (χ1v) is 9.09. The van der Waals surface area contributed by atoms with Crippen LogP contribution in [-0.2, 0) is 5.75 Å². The second-order valence-electron chi connectivity index (χ2n) is 5.10. The van der Waals surface area contributed by atoms with Gasteiger partial charge in [0, 0.05) is 11.3 Å². The third-order valence-electron chi connectivity index (χ3n) is 3.29. The van der Waals surface area contributed by atoms with E-state index in [1.807, 2.05) is 6.07 Å². The maximum atomic E-state index is 13.5. The number of nitrogen functional groups attached to an aromatic ring is 1. The molecular weight excluding hydrogens is 398 g/mol. The van der Waals surface area contributed by atoms with Gasteiger partial charge in [-0.25, -0.2) is 14.5 Å². The van der Waals surface area contributed by atoms with Gasteiger partial charge in [0.2, 0.25) is 5.16 Å². The topological polar surface area (TPSA) is 81.1 Å². The van der Waals surface area contributed by atoms with Gasteiger partial charge in [0.25, 0.3) is 5.95 Å². The number of halogens is 3. The van der Waals surface area contributed by atoms with Gasteiger partial charge in [-0.05, 0) is 23.8 Å². The molecule has 0 aliphatic heterocycles. The fraction of sp³-hybridized carbons (Fsp3) is 0.0625. The molecule has 3 rings (SSSR count). The van der Waals surface area contributed by atoms with E-state index in [0.717, 1.165) is 5.56 Å². The smallest absolute Gasteiger partial charge is 0.264 e. The van der Waals surface area contributed by atoms with Crippen molar-refractivity contribution in [3.8, 4) is 0 Å². The number of nitrogens with one attached hydrogen (secondary N) is 1. The fourth-order valence-electron chi connectivity index (χ4n) is 1.97. The van der Waals surface area contributed by atoms with Crippen LogP contribution in [0.2, 0.25) is 10.0 Å². The van der Waals surface area contributed by atoms with E-state index < -0.39 is 0 Å². The molecule has 0 aliphatic carbocycles. The minimum absolute atomic E-state index is 0.231. The Morgan fingerprint density at radius 1 is 1.19 bits per heavy atom. The number of nitrogens with two attached hydrogens (primary N) is 1. The summed E-state index contributed by atoms with van der Waals surface area (Å²) in [6.07, 6.45) is 1.34. The fourth-order valence-corrected chi connectivity index (χ4v) is 3.09. The molecule has 3 N–H and O–H groups in total. The molecule has 0 unspecified atom stereocenters. The lowest BCUT2D eigenvalue weighted by Gasteiger charge is -2.04. The zero-order valence-electron chi connectivity index (χ0n) is 13.2. The van der Waals surface area contributed by atoms with Crippen molar-refractivity contribution in [1.82, 2.24) is 14.9 Å². The summed E-state index contributed by atoms with van der Waals surface area (Å²) in [5.74, 6) is 6.39. The first-order chi connectivity index (χ1) is 12.5. The highest BCUT2D eigenvalue weighted by atomic mass is 35.5. The molecule has 1 aromatic heterocycles. The number of hydrazone groups is 1. The van der Waals surface area contributed by atoms with Crippen molar-refractivity contribution in [2.75, 3.05) is 11.3 Å². The Kier molecular flexibility index (Phi) is 5.97. The lowest BCUT2D eigenvalue weighted by atomic mass is 10.2. The molecule has 26 heavy (non-hydrogen) atoms. The van der Waals surface area contributed by atoms with E-state index in [1.165, 1.54) is 28.7 Å². The maximum Gasteiger partial charge on any atom is 0.264 e. The zero-order valence-corrected chi connectivity index (χ0v) is 15.6. The lowest BCUT2D eigenvalue weighted by Crippen LogP contribution is -2.13. The molecule has 2 aromatic carbocycles. The van der Waals surface area contributed by atoms with Crippen molar-refractivity contribution in [2.45, 2.75) is 10.9 Å². The predicted octanol–water partition coefficient (Wildman–Crippen LogP) is 4.18. The Hall–Kier alpha value is -2.29. The number of nitrogens with zero attached hydrogens (tertiary/aromatic N) is 4. The Bertz CT molecular complexity index is 946. The molecule has 3 aromatic rings. The van der Waals surface area contributed by atoms with Gasteiger partial charge in [0.15, 0.2) is 0 Å². The van der Waals surface area contributed by atoms with E-state index >= 15 is 0 Å². The monoisotopic (exact) mass is 410 g/mol. The molecule has 10 heteroatoms. The van der Waals surface area contributed by atoms with Crippen LogP contribution in [0.5, 0.6) is 0 Å². The molecule has 0 saturated carbocycles. The van der Waals surface area contributed by atoms with Gasteiger partial charge in [0.1, 0.15) is 5.82 Å². The highest BCUT2D eigenvalue weighted by Crippen LogP contribution is 2.27. The molecule has 0 saturated heterocycles. The Labute approximate surface area is 163 Å². The Balaban J connectivity index is 1.62. The number of hydrogen-bond donors (Lipinski definition) is 2. The highest BCUT2D eigenvalue weighted by molar-refractivity contribution is 7.98. The molecule has 0 aliphatic rings. The van der Waals surface area contributed by atoms with Crippen LogP contribution in [-0.4, -0.2) is 21.1 Å². The molecular formula is C16H13Cl2FN6S. The third kappa shape index (κ3) is 4.46. The van der Waals surface area contributed by atoms with Crippen molar-refractivity contribution in [3.63, 3.8) is 0 Å². The molecule has 0 atom stereocenters. The van der Waals surface area contributed by atoms with Crippen molar-refractivity contribution in [2.24, 2.45) is 5.10 Å². The van der Waals surface area contributed by atoms with Gasteiger partial charge in [-0.15, -0.1) is 10.2 Å². The lowest BCUT2D eigenvalue weighted by molar-refractivity contribution is 0.626. The summed E-state index contributed by atoms with van der Waals surface area (Å²) in [6, 6.07) is 11.7. The standard InChI is InChI=1S/C16H13Cl2FN6S/c17-12-6-5-10(7-13(12)18)9-26-16-24-23-15(25(16)20)22-21-8-11-3-1-2-4-14(11)19/h1-8H,9,20H2,(H,22,23)/b21-8+. The normalized spacial score (nSPS) is 11.2. The van der Waals surface area contributed by atoms with Gasteiger partial charge in [-0.1, -0.05) is 59.2 Å². The van der Waals surface area contributed by atoms with E-state index in [1.54, 1.807) is 30.3 Å². The van der Waals surface area contributed by atoms with E-state index in [4.69, 9.17) is 29.0 Å². The van der Waals surface area contributed by atoms with E-state index in [2.05, 4.69) is 20.7 Å². The number of benzene rings is 2. The first-order valence-electron chi connectivity index (χ1n) is 7.35. The van der Waals surface area contributed by atoms with E-state index in [-0.39, 0.29) is 11.8 Å². The maximum absolute atomic E-state index is 13.5. The Morgan fingerprint density at radius 3 is 2.77 bits per heavy atom. The summed E-state index contributed by atoms with van der Waals surface area (Å²) in [6.45, 7) is 0. The van der Waals surface area contributed by atoms with Crippen molar-refractivity contribution >= 4 is 47.1 Å². The molecule has 134 valence electrons. The van der Waals surface area contributed by atoms with Gasteiger partial charge >= 0.3 is 0 Å². The van der Waals surface area contributed by atoms with Crippen LogP contribution in [0.4, 0.5) is 10.3 Å². The molecule has 0 fully saturated rings. The number of aromatic nitrogens is 3. The third-order valence-corrected chi connectivity index (χ3v) is 5.04. The molecule has 0 bridgehead atoms. The van der Waals surface area contributed by atoms with Crippen LogP contribution < -0.4 is 11.3 Å². The van der Waals surface area contributed by atoms with Gasteiger partial charge in [0.05, 0.1) is 16.3 Å². The Morgan fingerprint density at radius 2 is 2.00 bits per heavy atom. The van der Waals surface area contributed by atoms with Crippen LogP contribution >= 0.6 is 35.0 Å². The SMILES string of the molecule is Nn1c(N/N=C/c2ccccc2F)nnc1SCc1ccc(Cl)c(Cl)c1. The van der Waals surface area contributed by atoms with Gasteiger partial charge < -0.3 is 5.84 Å². The van der Waals surface area contributed by atoms with Crippen molar-refractivity contribution < 1.29 is 4.39 Å². The summed E-state index contributed by atoms with van der Waals surface area (Å²) in [5.41, 5.74) is 3.96. The number of rotatable bonds is 6. The minimum Gasteiger partial charge on any atom is -0.334 e. The van der Waals surface area contributed by atoms with Crippen LogP contribution in [0, 0.1) is 5.82 Å². The number of anilines is 1. The van der Waals surface area contributed by atoms with E-state index in [0.29, 0.717) is 26.5 Å². The van der Waals surface area contributed by atoms with Gasteiger partial charge in [-0.2, -0.15) is 5.10 Å². The predicted molar refractivity (Wildman–Crippen MR) is 104 cm³/mol. The van der Waals surface area contributed by atoms with Crippen molar-refractivity contribution in [3.05, 3.63) is 69.5 Å². The molecule has 1 heterocycles.